The van der Waals surface area contributed by atoms with Gasteiger partial charge in [-0.25, -0.2) is 4.79 Å². The molecule has 1 fully saturated rings. The maximum Gasteiger partial charge on any atom is 0.328 e. The van der Waals surface area contributed by atoms with Gasteiger partial charge in [-0.15, -0.1) is 0 Å². The second kappa shape index (κ2) is 6.20. The number of aryl methyl sites for hydroxylation is 1. The predicted octanol–water partition coefficient (Wildman–Crippen LogP) is 0.986. The van der Waals surface area contributed by atoms with E-state index in [-0.39, 0.29) is 5.56 Å². The van der Waals surface area contributed by atoms with Gasteiger partial charge in [0.15, 0.2) is 0 Å². The molecule has 1 aliphatic rings. The molecule has 1 heterocycles. The van der Waals surface area contributed by atoms with Crippen molar-refractivity contribution in [1.29, 1.82) is 0 Å². The molecule has 5 amide bonds. The van der Waals surface area contributed by atoms with E-state index in [2.05, 4.69) is 5.32 Å². The fraction of sp³-hybridized carbons (Fsp3) is 0.111. The van der Waals surface area contributed by atoms with Gasteiger partial charge in [0.25, 0.3) is 17.7 Å². The zero-order valence-electron chi connectivity index (χ0n) is 13.3. The van der Waals surface area contributed by atoms with Crippen LogP contribution in [0.15, 0.2) is 54.6 Å². The SMILES string of the molecule is Cc1ccc(C(=O)NC2(c3ccccc3)C(=O)NC(=O)NC2=O)cc1. The summed E-state index contributed by atoms with van der Waals surface area (Å²) < 4.78 is 0. The Morgan fingerprint density at radius 1 is 0.880 bits per heavy atom. The molecule has 0 aliphatic carbocycles. The van der Waals surface area contributed by atoms with E-state index in [1.807, 2.05) is 17.6 Å². The van der Waals surface area contributed by atoms with E-state index >= 15 is 0 Å². The van der Waals surface area contributed by atoms with E-state index in [1.165, 1.54) is 12.1 Å². The highest BCUT2D eigenvalue weighted by Crippen LogP contribution is 2.25. The summed E-state index contributed by atoms with van der Waals surface area (Å²) in [6.45, 7) is 1.88. The molecular weight excluding hydrogens is 322 g/mol. The molecule has 2 aromatic rings. The maximum absolute atomic E-state index is 12.6. The summed E-state index contributed by atoms with van der Waals surface area (Å²) in [7, 11) is 0. The minimum atomic E-state index is -2.03. The highest BCUT2D eigenvalue weighted by Gasteiger charge is 2.53. The van der Waals surface area contributed by atoms with Crippen LogP contribution in [-0.2, 0) is 15.1 Å². The van der Waals surface area contributed by atoms with Crippen molar-refractivity contribution in [3.63, 3.8) is 0 Å². The second-order valence-corrected chi connectivity index (χ2v) is 5.67. The summed E-state index contributed by atoms with van der Waals surface area (Å²) in [5, 5.41) is 6.57. The summed E-state index contributed by atoms with van der Waals surface area (Å²) in [5.41, 5.74) is -0.527. The van der Waals surface area contributed by atoms with E-state index in [9.17, 15) is 19.2 Å². The smallest absolute Gasteiger partial charge is 0.326 e. The van der Waals surface area contributed by atoms with Crippen molar-refractivity contribution in [3.8, 4) is 0 Å². The van der Waals surface area contributed by atoms with Crippen LogP contribution in [0.4, 0.5) is 4.79 Å². The fourth-order valence-corrected chi connectivity index (χ4v) is 2.61. The number of barbiturate groups is 1. The number of carbonyl (C=O) groups excluding carboxylic acids is 4. The Morgan fingerprint density at radius 2 is 1.44 bits per heavy atom. The molecule has 7 heteroatoms. The number of hydrogen-bond donors (Lipinski definition) is 3. The Morgan fingerprint density at radius 3 is 2.00 bits per heavy atom. The second-order valence-electron chi connectivity index (χ2n) is 5.67. The van der Waals surface area contributed by atoms with Crippen molar-refractivity contribution in [2.24, 2.45) is 0 Å². The highest BCUT2D eigenvalue weighted by molar-refractivity contribution is 6.24. The largest absolute Gasteiger partial charge is 0.328 e. The minimum absolute atomic E-state index is 0.248. The van der Waals surface area contributed by atoms with E-state index in [4.69, 9.17) is 0 Å². The van der Waals surface area contributed by atoms with Crippen LogP contribution in [-0.4, -0.2) is 23.8 Å². The highest BCUT2D eigenvalue weighted by atomic mass is 16.2. The van der Waals surface area contributed by atoms with Gasteiger partial charge in [0, 0.05) is 5.56 Å². The molecule has 0 aromatic heterocycles. The van der Waals surface area contributed by atoms with Crippen LogP contribution >= 0.6 is 0 Å². The Hall–Kier alpha value is -3.48. The zero-order chi connectivity index (χ0) is 18.0. The van der Waals surface area contributed by atoms with E-state index in [0.717, 1.165) is 5.56 Å². The van der Waals surface area contributed by atoms with Gasteiger partial charge in [-0.3, -0.25) is 25.0 Å². The van der Waals surface area contributed by atoms with Crippen LogP contribution in [0.5, 0.6) is 0 Å². The maximum atomic E-state index is 12.6. The van der Waals surface area contributed by atoms with Gasteiger partial charge < -0.3 is 5.32 Å². The topological polar surface area (TPSA) is 104 Å². The average Bonchev–Trinajstić information content (AvgIpc) is 2.59. The zero-order valence-corrected chi connectivity index (χ0v) is 13.3. The van der Waals surface area contributed by atoms with Crippen LogP contribution in [0.2, 0.25) is 0 Å². The van der Waals surface area contributed by atoms with E-state index < -0.39 is 29.3 Å². The number of benzene rings is 2. The van der Waals surface area contributed by atoms with E-state index in [0.29, 0.717) is 5.56 Å². The minimum Gasteiger partial charge on any atom is -0.326 e. The molecule has 0 saturated carbocycles. The molecule has 0 unspecified atom stereocenters. The molecule has 126 valence electrons. The number of amides is 5. The first-order valence-electron chi connectivity index (χ1n) is 7.55. The number of imide groups is 2. The summed E-state index contributed by atoms with van der Waals surface area (Å²) >= 11 is 0. The number of carbonyl (C=O) groups is 4. The Kier molecular flexibility index (Phi) is 4.06. The summed E-state index contributed by atoms with van der Waals surface area (Å²) in [5.74, 6) is -2.43. The number of urea groups is 1. The fourth-order valence-electron chi connectivity index (χ4n) is 2.61. The Bertz CT molecular complexity index is 840. The monoisotopic (exact) mass is 337 g/mol. The Labute approximate surface area is 143 Å². The quantitative estimate of drug-likeness (QED) is 0.726. The molecule has 3 N–H and O–H groups in total. The van der Waals surface area contributed by atoms with Gasteiger partial charge in [-0.1, -0.05) is 48.0 Å². The first-order valence-corrected chi connectivity index (χ1v) is 7.55. The lowest BCUT2D eigenvalue weighted by atomic mass is 9.86. The van der Waals surface area contributed by atoms with Crippen LogP contribution < -0.4 is 16.0 Å². The number of nitrogens with one attached hydrogen (secondary N) is 3. The molecule has 0 spiro atoms. The average molecular weight is 337 g/mol. The lowest BCUT2D eigenvalue weighted by molar-refractivity contribution is -0.139. The van der Waals surface area contributed by atoms with Gasteiger partial charge in [0.2, 0.25) is 5.54 Å². The molecule has 25 heavy (non-hydrogen) atoms. The van der Waals surface area contributed by atoms with Gasteiger partial charge in [0.05, 0.1) is 0 Å². The molecule has 0 bridgehead atoms. The summed E-state index contributed by atoms with van der Waals surface area (Å²) in [4.78, 5) is 49.1. The first-order chi connectivity index (χ1) is 11.9. The molecule has 1 saturated heterocycles. The lowest BCUT2D eigenvalue weighted by Crippen LogP contribution is -2.71. The van der Waals surface area contributed by atoms with Gasteiger partial charge >= 0.3 is 6.03 Å². The van der Waals surface area contributed by atoms with Crippen LogP contribution in [0.3, 0.4) is 0 Å². The van der Waals surface area contributed by atoms with Crippen molar-refractivity contribution >= 4 is 23.8 Å². The third-order valence-corrected chi connectivity index (χ3v) is 3.96. The van der Waals surface area contributed by atoms with Gasteiger partial charge in [-0.05, 0) is 24.6 Å². The predicted molar refractivity (Wildman–Crippen MR) is 88.4 cm³/mol. The van der Waals surface area contributed by atoms with Crippen LogP contribution in [0, 0.1) is 6.92 Å². The molecule has 2 aromatic carbocycles. The third-order valence-electron chi connectivity index (χ3n) is 3.96. The number of rotatable bonds is 3. The van der Waals surface area contributed by atoms with Gasteiger partial charge in [-0.2, -0.15) is 0 Å². The number of hydrogen-bond acceptors (Lipinski definition) is 4. The molecule has 0 radical (unpaired) electrons. The molecule has 7 nitrogen and oxygen atoms in total. The molecular formula is C18H15N3O4. The third kappa shape index (κ3) is 2.87. The van der Waals surface area contributed by atoms with Gasteiger partial charge in [0.1, 0.15) is 0 Å². The first kappa shape index (κ1) is 16.4. The summed E-state index contributed by atoms with van der Waals surface area (Å²) in [6.07, 6.45) is 0. The molecule has 3 rings (SSSR count). The van der Waals surface area contributed by atoms with Crippen LogP contribution in [0.1, 0.15) is 21.5 Å². The standard InChI is InChI=1S/C18H15N3O4/c1-11-7-9-12(10-8-11)14(22)21-18(13-5-3-2-4-6-13)15(23)19-17(25)20-16(18)24/h2-10H,1H3,(H,21,22)(H2,19,20,23,24,25). The van der Waals surface area contributed by atoms with Crippen molar-refractivity contribution in [3.05, 3.63) is 71.3 Å². The van der Waals surface area contributed by atoms with Crippen molar-refractivity contribution < 1.29 is 19.2 Å². The van der Waals surface area contributed by atoms with E-state index in [1.54, 1.807) is 42.5 Å². The molecule has 0 atom stereocenters. The normalized spacial score (nSPS) is 16.0. The Balaban J connectivity index is 2.05. The van der Waals surface area contributed by atoms with Crippen LogP contribution in [0.25, 0.3) is 0 Å². The van der Waals surface area contributed by atoms with Crippen molar-refractivity contribution in [2.75, 3.05) is 0 Å². The molecule has 1 aliphatic heterocycles. The van der Waals surface area contributed by atoms with Crippen molar-refractivity contribution in [1.82, 2.24) is 16.0 Å². The van der Waals surface area contributed by atoms with Crippen molar-refractivity contribution in [2.45, 2.75) is 12.5 Å². The lowest BCUT2D eigenvalue weighted by Gasteiger charge is -2.34. The summed E-state index contributed by atoms with van der Waals surface area (Å²) in [6, 6.07) is 13.8.